The van der Waals surface area contributed by atoms with Gasteiger partial charge in [0.1, 0.15) is 0 Å². The third-order valence-electron chi connectivity index (χ3n) is 7.23. The Bertz CT molecular complexity index is 733. The van der Waals surface area contributed by atoms with Gasteiger partial charge in [-0.1, -0.05) is 18.2 Å². The summed E-state index contributed by atoms with van der Waals surface area (Å²) in [4.78, 5) is 2.45. The van der Waals surface area contributed by atoms with Gasteiger partial charge >= 0.3 is 0 Å². The highest BCUT2D eigenvalue weighted by Crippen LogP contribution is 2.60. The van der Waals surface area contributed by atoms with Crippen molar-refractivity contribution in [1.82, 2.24) is 15.1 Å². The first-order chi connectivity index (χ1) is 12.6. The molecule has 0 amide bonds. The van der Waals surface area contributed by atoms with Crippen molar-refractivity contribution in [3.8, 4) is 11.5 Å². The second-order valence-electron chi connectivity index (χ2n) is 9.32. The van der Waals surface area contributed by atoms with Crippen molar-refractivity contribution in [3.63, 3.8) is 0 Å². The van der Waals surface area contributed by atoms with E-state index >= 15 is 0 Å². The fraction of sp³-hybridized carbons (Fsp3) is 0.636. The molecular weight excluding hydrogens is 322 g/mol. The quantitative estimate of drug-likeness (QED) is 0.765. The van der Waals surface area contributed by atoms with Crippen molar-refractivity contribution in [2.75, 3.05) is 13.6 Å². The van der Waals surface area contributed by atoms with Crippen LogP contribution in [0.2, 0.25) is 0 Å². The summed E-state index contributed by atoms with van der Waals surface area (Å²) < 4.78 is 6.01. The Labute approximate surface area is 156 Å². The highest BCUT2D eigenvalue weighted by molar-refractivity contribution is 5.51. The summed E-state index contributed by atoms with van der Waals surface area (Å²) in [6, 6.07) is 10.2. The Balaban J connectivity index is 1.30. The third-order valence-corrected chi connectivity index (χ3v) is 7.23. The molecule has 4 aliphatic carbocycles. The minimum atomic E-state index is 0.160. The van der Waals surface area contributed by atoms with Crippen LogP contribution in [0.5, 0.6) is 0 Å². The van der Waals surface area contributed by atoms with Crippen LogP contribution in [0, 0.1) is 23.2 Å². The maximum absolute atomic E-state index is 6.01. The summed E-state index contributed by atoms with van der Waals surface area (Å²) >= 11 is 0. The number of benzene rings is 1. The van der Waals surface area contributed by atoms with E-state index in [0.717, 1.165) is 29.2 Å². The Kier molecular flexibility index (Phi) is 3.93. The number of hydrogen-bond donors (Lipinski definition) is 0. The SMILES string of the molecule is CC(c1nnc(-c2ccccc2)o1)N(C)CC12CC3CC(CC(C3)C1)C2. The molecule has 26 heavy (non-hydrogen) atoms. The van der Waals surface area contributed by atoms with Gasteiger partial charge in [0.2, 0.25) is 11.8 Å². The zero-order valence-electron chi connectivity index (χ0n) is 15.9. The lowest BCUT2D eigenvalue weighted by Crippen LogP contribution is -2.50. The molecule has 0 saturated heterocycles. The fourth-order valence-electron chi connectivity index (χ4n) is 6.44. The number of rotatable bonds is 5. The van der Waals surface area contributed by atoms with Gasteiger partial charge in [-0.3, -0.25) is 4.90 Å². The first kappa shape index (κ1) is 16.5. The van der Waals surface area contributed by atoms with Crippen molar-refractivity contribution >= 4 is 0 Å². The van der Waals surface area contributed by atoms with Crippen LogP contribution in [-0.4, -0.2) is 28.7 Å². The van der Waals surface area contributed by atoms with Gasteiger partial charge in [0.05, 0.1) is 6.04 Å². The van der Waals surface area contributed by atoms with Crippen LogP contribution >= 0.6 is 0 Å². The lowest BCUT2D eigenvalue weighted by molar-refractivity contribution is -0.0711. The molecule has 1 unspecified atom stereocenters. The average molecular weight is 351 g/mol. The van der Waals surface area contributed by atoms with Gasteiger partial charge in [-0.2, -0.15) is 0 Å². The van der Waals surface area contributed by atoms with Crippen LogP contribution < -0.4 is 0 Å². The van der Waals surface area contributed by atoms with Crippen molar-refractivity contribution in [2.45, 2.75) is 51.5 Å². The van der Waals surface area contributed by atoms with Crippen LogP contribution in [0.25, 0.3) is 11.5 Å². The molecule has 4 nitrogen and oxygen atoms in total. The molecule has 1 atom stereocenters. The van der Waals surface area contributed by atoms with E-state index in [0.29, 0.717) is 11.3 Å². The molecule has 4 bridgehead atoms. The molecule has 0 spiro atoms. The Morgan fingerprint density at radius 3 is 2.27 bits per heavy atom. The second-order valence-corrected chi connectivity index (χ2v) is 9.32. The van der Waals surface area contributed by atoms with Gasteiger partial charge in [-0.05, 0) is 87.8 Å². The van der Waals surface area contributed by atoms with Gasteiger partial charge in [-0.25, -0.2) is 0 Å². The molecule has 1 heterocycles. The van der Waals surface area contributed by atoms with Crippen molar-refractivity contribution in [1.29, 1.82) is 0 Å². The van der Waals surface area contributed by atoms with E-state index < -0.39 is 0 Å². The molecular formula is C22H29N3O. The minimum absolute atomic E-state index is 0.160. The average Bonchev–Trinajstić information content (AvgIpc) is 3.10. The summed E-state index contributed by atoms with van der Waals surface area (Å²) in [5, 5.41) is 8.62. The summed E-state index contributed by atoms with van der Waals surface area (Å²) in [7, 11) is 2.23. The van der Waals surface area contributed by atoms with E-state index in [9.17, 15) is 0 Å². The van der Waals surface area contributed by atoms with Crippen LogP contribution in [0.3, 0.4) is 0 Å². The highest BCUT2D eigenvalue weighted by atomic mass is 16.4. The first-order valence-electron chi connectivity index (χ1n) is 10.2. The zero-order valence-corrected chi connectivity index (χ0v) is 15.9. The normalized spacial score (nSPS) is 33.7. The van der Waals surface area contributed by atoms with E-state index in [1.54, 1.807) is 0 Å². The second kappa shape index (κ2) is 6.19. The predicted molar refractivity (Wildman–Crippen MR) is 101 cm³/mol. The molecule has 2 aromatic rings. The van der Waals surface area contributed by atoms with E-state index in [2.05, 4.69) is 29.1 Å². The number of aromatic nitrogens is 2. The summed E-state index contributed by atoms with van der Waals surface area (Å²) in [5.74, 6) is 4.35. The first-order valence-corrected chi connectivity index (χ1v) is 10.2. The van der Waals surface area contributed by atoms with Crippen molar-refractivity contribution < 1.29 is 4.42 Å². The van der Waals surface area contributed by atoms with Gasteiger partial charge in [0.15, 0.2) is 0 Å². The minimum Gasteiger partial charge on any atom is -0.419 e. The molecule has 4 aliphatic rings. The fourth-order valence-corrected chi connectivity index (χ4v) is 6.44. The maximum Gasteiger partial charge on any atom is 0.247 e. The maximum atomic E-state index is 6.01. The molecule has 4 heteroatoms. The lowest BCUT2D eigenvalue weighted by atomic mass is 9.49. The van der Waals surface area contributed by atoms with Crippen LogP contribution in [-0.2, 0) is 0 Å². The van der Waals surface area contributed by atoms with Gasteiger partial charge in [0, 0.05) is 12.1 Å². The zero-order chi connectivity index (χ0) is 17.7. The van der Waals surface area contributed by atoms with Crippen molar-refractivity contribution in [2.24, 2.45) is 23.2 Å². The number of nitrogens with zero attached hydrogens (tertiary/aromatic N) is 3. The van der Waals surface area contributed by atoms with Gasteiger partial charge in [0.25, 0.3) is 0 Å². The monoisotopic (exact) mass is 351 g/mol. The number of hydrogen-bond acceptors (Lipinski definition) is 4. The molecule has 0 aliphatic heterocycles. The molecule has 1 aromatic carbocycles. The molecule has 0 radical (unpaired) electrons. The largest absolute Gasteiger partial charge is 0.419 e. The van der Waals surface area contributed by atoms with Gasteiger partial charge in [-0.15, -0.1) is 10.2 Å². The summed E-state index contributed by atoms with van der Waals surface area (Å²) in [5.41, 5.74) is 1.53. The predicted octanol–water partition coefficient (Wildman–Crippen LogP) is 4.95. The van der Waals surface area contributed by atoms with Crippen molar-refractivity contribution in [3.05, 3.63) is 36.2 Å². The Morgan fingerprint density at radius 1 is 1.04 bits per heavy atom. The van der Waals surface area contributed by atoms with Gasteiger partial charge < -0.3 is 4.42 Å². The Hall–Kier alpha value is -1.68. The van der Waals surface area contributed by atoms with E-state index in [-0.39, 0.29) is 6.04 Å². The van der Waals surface area contributed by atoms with E-state index in [4.69, 9.17) is 4.42 Å². The topological polar surface area (TPSA) is 42.2 Å². The van der Waals surface area contributed by atoms with Crippen LogP contribution in [0.1, 0.15) is 57.4 Å². The standard InChI is InChI=1S/C22H29N3O/c1-15(20-23-24-21(26-20)19-6-4-3-5-7-19)25(2)14-22-11-16-8-17(12-22)10-18(9-16)13-22/h3-7,15-18H,8-14H2,1-2H3. The molecule has 138 valence electrons. The lowest BCUT2D eigenvalue weighted by Gasteiger charge is -2.58. The molecule has 6 rings (SSSR count). The third kappa shape index (κ3) is 2.88. The molecule has 4 saturated carbocycles. The highest BCUT2D eigenvalue weighted by Gasteiger charge is 2.51. The van der Waals surface area contributed by atoms with E-state index in [1.807, 2.05) is 30.3 Å². The van der Waals surface area contributed by atoms with Crippen LogP contribution in [0.15, 0.2) is 34.7 Å². The molecule has 0 N–H and O–H groups in total. The molecule has 1 aromatic heterocycles. The van der Waals surface area contributed by atoms with E-state index in [1.165, 1.54) is 45.1 Å². The van der Waals surface area contributed by atoms with Crippen LogP contribution in [0.4, 0.5) is 0 Å². The Morgan fingerprint density at radius 2 is 1.65 bits per heavy atom. The molecule has 4 fully saturated rings. The summed E-state index contributed by atoms with van der Waals surface area (Å²) in [6.07, 6.45) is 8.83. The summed E-state index contributed by atoms with van der Waals surface area (Å²) in [6.45, 7) is 3.36. The smallest absolute Gasteiger partial charge is 0.247 e.